The highest BCUT2D eigenvalue weighted by molar-refractivity contribution is 5.51. The number of aromatic amines is 1. The number of hydrogen-bond acceptors (Lipinski definition) is 3. The summed E-state index contributed by atoms with van der Waals surface area (Å²) in [6.45, 7) is 0.236. The van der Waals surface area contributed by atoms with E-state index in [4.69, 9.17) is 0 Å². The second-order valence-corrected chi connectivity index (χ2v) is 5.09. The first kappa shape index (κ1) is 13.9. The molecule has 2 aromatic heterocycles. The number of nitrogens with one attached hydrogen (secondary N) is 2. The van der Waals surface area contributed by atoms with E-state index in [-0.39, 0.29) is 12.2 Å². The maximum Gasteiger partial charge on any atom is 0.419 e. The lowest BCUT2D eigenvalue weighted by atomic mass is 10.0. The van der Waals surface area contributed by atoms with Crippen LogP contribution in [0.15, 0.2) is 18.5 Å². The van der Waals surface area contributed by atoms with Gasteiger partial charge in [-0.2, -0.15) is 13.2 Å². The second-order valence-electron chi connectivity index (χ2n) is 5.09. The molecule has 1 aliphatic carbocycles. The normalized spacial score (nSPS) is 14.8. The van der Waals surface area contributed by atoms with Crippen molar-refractivity contribution in [1.82, 2.24) is 15.0 Å². The summed E-state index contributed by atoms with van der Waals surface area (Å²) >= 11 is 0. The number of hydrogen-bond donors (Lipinski definition) is 2. The summed E-state index contributed by atoms with van der Waals surface area (Å²) in [7, 11) is 0. The van der Waals surface area contributed by atoms with Gasteiger partial charge in [-0.25, -0.2) is 4.98 Å². The van der Waals surface area contributed by atoms with Crippen molar-refractivity contribution in [2.75, 3.05) is 5.32 Å². The van der Waals surface area contributed by atoms with E-state index in [1.54, 1.807) is 0 Å². The Morgan fingerprint density at radius 1 is 1.24 bits per heavy atom. The van der Waals surface area contributed by atoms with Gasteiger partial charge in [0, 0.05) is 23.8 Å². The number of H-pyrrole nitrogens is 1. The molecule has 2 heterocycles. The highest BCUT2D eigenvalue weighted by atomic mass is 19.4. The van der Waals surface area contributed by atoms with Crippen molar-refractivity contribution in [3.8, 4) is 0 Å². The summed E-state index contributed by atoms with van der Waals surface area (Å²) in [5.41, 5.74) is 1.42. The molecule has 2 aromatic rings. The molecule has 0 aromatic carbocycles. The first-order chi connectivity index (χ1) is 10.0. The third-order valence-corrected chi connectivity index (χ3v) is 3.58. The fourth-order valence-electron chi connectivity index (χ4n) is 2.55. The Labute approximate surface area is 119 Å². The number of imidazole rings is 1. The van der Waals surface area contributed by atoms with Gasteiger partial charge in [-0.1, -0.05) is 0 Å². The molecule has 0 spiro atoms. The Balaban J connectivity index is 1.75. The van der Waals surface area contributed by atoms with Gasteiger partial charge < -0.3 is 10.3 Å². The highest BCUT2D eigenvalue weighted by Crippen LogP contribution is 2.34. The van der Waals surface area contributed by atoms with Crippen LogP contribution in [0.1, 0.15) is 35.6 Å². The maximum absolute atomic E-state index is 12.9. The van der Waals surface area contributed by atoms with Gasteiger partial charge in [0.2, 0.25) is 0 Å². The van der Waals surface area contributed by atoms with Gasteiger partial charge in [-0.05, 0) is 31.7 Å². The standard InChI is InChI=1S/C14H15F3N4/c15-14(16,17)9-7-18-6-5-10(9)19-8-13-20-11-3-1-2-4-12(11)21-13/h5-7H,1-4,8H2,(H,18,19)(H,20,21). The lowest BCUT2D eigenvalue weighted by Gasteiger charge is -2.12. The van der Waals surface area contributed by atoms with Crippen LogP contribution in [0.2, 0.25) is 0 Å². The number of fused-ring (bicyclic) bond motifs is 1. The summed E-state index contributed by atoms with van der Waals surface area (Å²) in [6.07, 6.45) is 1.90. The third-order valence-electron chi connectivity index (χ3n) is 3.58. The van der Waals surface area contributed by atoms with Crippen molar-refractivity contribution in [2.24, 2.45) is 0 Å². The van der Waals surface area contributed by atoms with Crippen molar-refractivity contribution in [3.63, 3.8) is 0 Å². The van der Waals surface area contributed by atoms with Crippen molar-refractivity contribution >= 4 is 5.69 Å². The van der Waals surface area contributed by atoms with Crippen molar-refractivity contribution in [3.05, 3.63) is 41.2 Å². The van der Waals surface area contributed by atoms with Gasteiger partial charge in [0.25, 0.3) is 0 Å². The zero-order valence-corrected chi connectivity index (χ0v) is 11.3. The molecule has 0 aliphatic heterocycles. The average molecular weight is 296 g/mol. The van der Waals surface area contributed by atoms with Crippen molar-refractivity contribution in [2.45, 2.75) is 38.4 Å². The van der Waals surface area contributed by atoms with Crippen LogP contribution in [0.25, 0.3) is 0 Å². The molecule has 0 atom stereocenters. The molecule has 0 saturated heterocycles. The van der Waals surface area contributed by atoms with E-state index >= 15 is 0 Å². The van der Waals surface area contributed by atoms with Gasteiger partial charge >= 0.3 is 6.18 Å². The van der Waals surface area contributed by atoms with E-state index in [1.807, 2.05) is 0 Å². The highest BCUT2D eigenvalue weighted by Gasteiger charge is 2.33. The third kappa shape index (κ3) is 3.01. The summed E-state index contributed by atoms with van der Waals surface area (Å²) in [4.78, 5) is 11.2. The predicted octanol–water partition coefficient (Wildman–Crippen LogP) is 3.31. The Hall–Kier alpha value is -2.05. The Bertz CT molecular complexity index is 610. The number of halogens is 3. The molecule has 7 heteroatoms. The number of nitrogens with zero attached hydrogens (tertiary/aromatic N) is 2. The van der Waals surface area contributed by atoms with Crippen LogP contribution >= 0.6 is 0 Å². The van der Waals surface area contributed by atoms with Crippen LogP contribution in [0.4, 0.5) is 18.9 Å². The first-order valence-electron chi connectivity index (χ1n) is 6.86. The first-order valence-corrected chi connectivity index (χ1v) is 6.86. The summed E-state index contributed by atoms with van der Waals surface area (Å²) in [5, 5.41) is 2.79. The van der Waals surface area contributed by atoms with Gasteiger partial charge in [-0.15, -0.1) is 0 Å². The van der Waals surface area contributed by atoms with Crippen molar-refractivity contribution < 1.29 is 13.2 Å². The molecule has 0 radical (unpaired) electrons. The predicted molar refractivity (Wildman–Crippen MR) is 71.8 cm³/mol. The van der Waals surface area contributed by atoms with Gasteiger partial charge in [0.05, 0.1) is 17.8 Å². The molecular weight excluding hydrogens is 281 g/mol. The molecule has 0 unspecified atom stereocenters. The van der Waals surface area contributed by atoms with Crippen LogP contribution in [0.5, 0.6) is 0 Å². The van der Waals surface area contributed by atoms with Crippen LogP contribution in [-0.4, -0.2) is 15.0 Å². The van der Waals surface area contributed by atoms with Gasteiger partial charge in [0.15, 0.2) is 0 Å². The SMILES string of the molecule is FC(F)(F)c1cnccc1NCc1nc2c([nH]1)CCCC2. The van der Waals surface area contributed by atoms with E-state index in [9.17, 15) is 13.2 Å². The second kappa shape index (κ2) is 5.38. The number of pyridine rings is 1. The molecule has 4 nitrogen and oxygen atoms in total. The van der Waals surface area contributed by atoms with Crippen LogP contribution < -0.4 is 5.32 Å². The Morgan fingerprint density at radius 3 is 2.81 bits per heavy atom. The minimum absolute atomic E-state index is 0.0203. The number of aryl methyl sites for hydroxylation is 2. The Kier molecular flexibility index (Phi) is 3.57. The minimum Gasteiger partial charge on any atom is -0.377 e. The van der Waals surface area contributed by atoms with Gasteiger partial charge in [-0.3, -0.25) is 4.98 Å². The van der Waals surface area contributed by atoms with Crippen LogP contribution in [0.3, 0.4) is 0 Å². The molecule has 21 heavy (non-hydrogen) atoms. The minimum atomic E-state index is -4.42. The van der Waals surface area contributed by atoms with E-state index in [0.717, 1.165) is 43.3 Å². The van der Waals surface area contributed by atoms with Crippen LogP contribution in [0, 0.1) is 0 Å². The fraction of sp³-hybridized carbons (Fsp3) is 0.429. The zero-order valence-electron chi connectivity index (χ0n) is 11.3. The Morgan fingerprint density at radius 2 is 2.05 bits per heavy atom. The average Bonchev–Trinajstić information content (AvgIpc) is 2.87. The van der Waals surface area contributed by atoms with E-state index < -0.39 is 11.7 Å². The molecular formula is C14H15F3N4. The van der Waals surface area contributed by atoms with Crippen molar-refractivity contribution in [1.29, 1.82) is 0 Å². The fourth-order valence-corrected chi connectivity index (χ4v) is 2.55. The van der Waals surface area contributed by atoms with Gasteiger partial charge in [0.1, 0.15) is 5.82 Å². The van der Waals surface area contributed by atoms with E-state index in [1.165, 1.54) is 12.3 Å². The molecule has 0 fully saturated rings. The number of alkyl halides is 3. The van der Waals surface area contributed by atoms with E-state index in [0.29, 0.717) is 5.82 Å². The maximum atomic E-state index is 12.9. The summed E-state index contributed by atoms with van der Waals surface area (Å²) in [5.74, 6) is 0.673. The largest absolute Gasteiger partial charge is 0.419 e. The molecule has 0 bridgehead atoms. The topological polar surface area (TPSA) is 53.6 Å². The number of aromatic nitrogens is 3. The molecule has 2 N–H and O–H groups in total. The molecule has 0 saturated carbocycles. The molecule has 112 valence electrons. The monoisotopic (exact) mass is 296 g/mol. The molecule has 1 aliphatic rings. The number of rotatable bonds is 3. The molecule has 0 amide bonds. The van der Waals surface area contributed by atoms with E-state index in [2.05, 4.69) is 20.3 Å². The quantitative estimate of drug-likeness (QED) is 0.913. The van der Waals surface area contributed by atoms with Crippen LogP contribution in [-0.2, 0) is 25.6 Å². The lowest BCUT2D eigenvalue weighted by molar-refractivity contribution is -0.137. The summed E-state index contributed by atoms with van der Waals surface area (Å²) < 4.78 is 38.6. The zero-order chi connectivity index (χ0) is 14.9. The lowest BCUT2D eigenvalue weighted by Crippen LogP contribution is -2.11. The molecule has 3 rings (SSSR count). The summed E-state index contributed by atoms with van der Waals surface area (Å²) in [6, 6.07) is 1.33. The number of anilines is 1. The smallest absolute Gasteiger partial charge is 0.377 e.